The molecule has 0 spiro atoms. The second-order valence-electron chi connectivity index (χ2n) is 6.30. The number of nitrogens with one attached hydrogen (secondary N) is 1. The van der Waals surface area contributed by atoms with E-state index in [1.165, 1.54) is 0 Å². The normalized spacial score (nSPS) is 16.8. The van der Waals surface area contributed by atoms with Gasteiger partial charge in [0.25, 0.3) is 5.91 Å². The van der Waals surface area contributed by atoms with Crippen LogP contribution in [0.3, 0.4) is 0 Å². The first-order chi connectivity index (χ1) is 13.1. The third-order valence-corrected chi connectivity index (χ3v) is 4.35. The zero-order chi connectivity index (χ0) is 19.2. The summed E-state index contributed by atoms with van der Waals surface area (Å²) in [6.45, 7) is 3.67. The fourth-order valence-corrected chi connectivity index (χ4v) is 3.05. The van der Waals surface area contributed by atoms with Gasteiger partial charge in [0.05, 0.1) is 25.9 Å². The molecule has 8 heteroatoms. The van der Waals surface area contributed by atoms with Gasteiger partial charge in [-0.2, -0.15) is 0 Å². The molecule has 0 bridgehead atoms. The molecule has 0 radical (unpaired) electrons. The van der Waals surface area contributed by atoms with Crippen molar-refractivity contribution in [2.75, 3.05) is 31.7 Å². The number of carbonyl (C=O) groups is 2. The van der Waals surface area contributed by atoms with E-state index in [1.54, 1.807) is 41.0 Å². The van der Waals surface area contributed by atoms with Gasteiger partial charge in [0, 0.05) is 44.2 Å². The Bertz CT molecular complexity index is 805. The van der Waals surface area contributed by atoms with Gasteiger partial charge in [0.15, 0.2) is 5.82 Å². The minimum atomic E-state index is -0.335. The molecule has 1 fully saturated rings. The number of carbonyl (C=O) groups excluding carboxylic acids is 2. The number of aromatic nitrogens is 2. The Morgan fingerprint density at radius 1 is 1.41 bits per heavy atom. The van der Waals surface area contributed by atoms with Gasteiger partial charge in [-0.05, 0) is 19.1 Å². The molecule has 2 amide bonds. The molecule has 1 aliphatic rings. The Hall–Kier alpha value is -2.87. The molecule has 1 atom stereocenters. The van der Waals surface area contributed by atoms with Gasteiger partial charge in [0.1, 0.15) is 5.75 Å². The second-order valence-corrected chi connectivity index (χ2v) is 6.30. The predicted octanol–water partition coefficient (Wildman–Crippen LogP) is 1.69. The Morgan fingerprint density at radius 2 is 2.26 bits per heavy atom. The van der Waals surface area contributed by atoms with E-state index in [2.05, 4.69) is 10.3 Å². The van der Waals surface area contributed by atoms with Gasteiger partial charge in [-0.15, -0.1) is 0 Å². The van der Waals surface area contributed by atoms with E-state index in [0.29, 0.717) is 43.6 Å². The third kappa shape index (κ3) is 4.65. The number of benzene rings is 1. The molecule has 1 aliphatic heterocycles. The quantitative estimate of drug-likeness (QED) is 0.834. The van der Waals surface area contributed by atoms with Crippen LogP contribution in [0, 0.1) is 0 Å². The molecule has 1 saturated heterocycles. The van der Waals surface area contributed by atoms with Crippen molar-refractivity contribution in [2.45, 2.75) is 19.4 Å². The maximum absolute atomic E-state index is 12.8. The van der Waals surface area contributed by atoms with Crippen LogP contribution < -0.4 is 10.1 Å². The van der Waals surface area contributed by atoms with Crippen molar-refractivity contribution in [1.82, 2.24) is 14.5 Å². The van der Waals surface area contributed by atoms with Gasteiger partial charge in [-0.3, -0.25) is 9.59 Å². The van der Waals surface area contributed by atoms with Crippen LogP contribution in [0.15, 0.2) is 36.7 Å². The highest BCUT2D eigenvalue weighted by Crippen LogP contribution is 2.19. The van der Waals surface area contributed by atoms with Gasteiger partial charge >= 0.3 is 0 Å². The summed E-state index contributed by atoms with van der Waals surface area (Å²) >= 11 is 0. The summed E-state index contributed by atoms with van der Waals surface area (Å²) in [4.78, 5) is 31.1. The van der Waals surface area contributed by atoms with Crippen LogP contribution in [0.5, 0.6) is 5.75 Å². The molecule has 144 valence electrons. The fraction of sp³-hybridized carbons (Fsp3) is 0.421. The first-order valence-electron chi connectivity index (χ1n) is 8.97. The van der Waals surface area contributed by atoms with E-state index in [1.807, 2.05) is 19.1 Å². The van der Waals surface area contributed by atoms with E-state index in [0.717, 1.165) is 0 Å². The van der Waals surface area contributed by atoms with Gasteiger partial charge in [0.2, 0.25) is 5.91 Å². The van der Waals surface area contributed by atoms with E-state index in [-0.39, 0.29) is 24.3 Å². The largest absolute Gasteiger partial charge is 0.494 e. The lowest BCUT2D eigenvalue weighted by Crippen LogP contribution is -2.50. The number of imidazole rings is 1. The van der Waals surface area contributed by atoms with Crippen LogP contribution >= 0.6 is 0 Å². The molecular formula is C19H24N4O4. The topological polar surface area (TPSA) is 85.7 Å². The molecule has 1 aromatic carbocycles. The first-order valence-corrected chi connectivity index (χ1v) is 8.97. The average molecular weight is 372 g/mol. The molecule has 3 rings (SSSR count). The lowest BCUT2D eigenvalue weighted by molar-refractivity contribution is -0.118. The van der Waals surface area contributed by atoms with Crippen molar-refractivity contribution in [3.8, 4) is 5.75 Å². The highest BCUT2D eigenvalue weighted by Gasteiger charge is 2.31. The number of aryl methyl sites for hydroxylation is 1. The number of amides is 2. The molecular weight excluding hydrogens is 348 g/mol. The molecule has 1 unspecified atom stereocenters. The minimum Gasteiger partial charge on any atom is -0.494 e. The number of hydrogen-bond donors (Lipinski definition) is 1. The maximum Gasteiger partial charge on any atom is 0.290 e. The zero-order valence-corrected chi connectivity index (χ0v) is 15.6. The van der Waals surface area contributed by atoms with Crippen molar-refractivity contribution < 1.29 is 19.1 Å². The van der Waals surface area contributed by atoms with E-state index < -0.39 is 0 Å². The van der Waals surface area contributed by atoms with Gasteiger partial charge in [-0.1, -0.05) is 6.07 Å². The van der Waals surface area contributed by atoms with Crippen LogP contribution in [-0.2, 0) is 16.6 Å². The van der Waals surface area contributed by atoms with Crippen LogP contribution in [0.1, 0.15) is 24.0 Å². The Morgan fingerprint density at radius 3 is 3.00 bits per heavy atom. The number of morpholine rings is 1. The van der Waals surface area contributed by atoms with Crippen molar-refractivity contribution in [3.05, 3.63) is 42.5 Å². The maximum atomic E-state index is 12.8. The fourth-order valence-electron chi connectivity index (χ4n) is 3.05. The monoisotopic (exact) mass is 372 g/mol. The van der Waals surface area contributed by atoms with Crippen LogP contribution in [-0.4, -0.2) is 58.7 Å². The average Bonchev–Trinajstić information content (AvgIpc) is 3.08. The SMILES string of the molecule is CCOc1cccc(NC(=O)CC2COCCN2C(=O)c2nccn2C)c1. The lowest BCUT2D eigenvalue weighted by atomic mass is 10.1. The smallest absolute Gasteiger partial charge is 0.290 e. The zero-order valence-electron chi connectivity index (χ0n) is 15.6. The summed E-state index contributed by atoms with van der Waals surface area (Å²) in [7, 11) is 1.77. The van der Waals surface area contributed by atoms with Crippen molar-refractivity contribution in [3.63, 3.8) is 0 Å². The molecule has 1 aromatic heterocycles. The number of anilines is 1. The highest BCUT2D eigenvalue weighted by atomic mass is 16.5. The summed E-state index contributed by atoms with van der Waals surface area (Å²) < 4.78 is 12.6. The van der Waals surface area contributed by atoms with Crippen LogP contribution in [0.25, 0.3) is 0 Å². The highest BCUT2D eigenvalue weighted by molar-refractivity contribution is 5.94. The Kier molecular flexibility index (Phi) is 6.08. The van der Waals surface area contributed by atoms with Crippen molar-refractivity contribution in [1.29, 1.82) is 0 Å². The summed E-state index contributed by atoms with van der Waals surface area (Å²) in [6.07, 6.45) is 3.45. The minimum absolute atomic E-state index is 0.148. The number of ether oxygens (including phenoxy) is 2. The van der Waals surface area contributed by atoms with E-state index >= 15 is 0 Å². The van der Waals surface area contributed by atoms with Crippen LogP contribution in [0.2, 0.25) is 0 Å². The third-order valence-electron chi connectivity index (χ3n) is 4.35. The molecule has 0 saturated carbocycles. The second kappa shape index (κ2) is 8.68. The molecule has 2 heterocycles. The molecule has 2 aromatic rings. The van der Waals surface area contributed by atoms with E-state index in [9.17, 15) is 9.59 Å². The number of hydrogen-bond acceptors (Lipinski definition) is 5. The van der Waals surface area contributed by atoms with Gasteiger partial charge < -0.3 is 24.3 Å². The van der Waals surface area contributed by atoms with Crippen LogP contribution in [0.4, 0.5) is 5.69 Å². The summed E-state index contributed by atoms with van der Waals surface area (Å²) in [6, 6.07) is 6.89. The summed E-state index contributed by atoms with van der Waals surface area (Å²) in [5.74, 6) is 0.674. The van der Waals surface area contributed by atoms with Crippen molar-refractivity contribution >= 4 is 17.5 Å². The molecule has 8 nitrogen and oxygen atoms in total. The standard InChI is InChI=1S/C19H24N4O4/c1-3-27-16-6-4-5-14(11-16)21-17(24)12-15-13-26-10-9-23(15)19(25)18-20-7-8-22(18)2/h4-8,11,15H,3,9-10,12-13H2,1-2H3,(H,21,24). The molecule has 0 aliphatic carbocycles. The summed E-state index contributed by atoms with van der Waals surface area (Å²) in [5, 5.41) is 2.86. The Labute approximate surface area is 158 Å². The van der Waals surface area contributed by atoms with Gasteiger partial charge in [-0.25, -0.2) is 4.98 Å². The lowest BCUT2D eigenvalue weighted by Gasteiger charge is -2.35. The predicted molar refractivity (Wildman–Crippen MR) is 99.7 cm³/mol. The molecule has 1 N–H and O–H groups in total. The number of rotatable bonds is 6. The number of nitrogens with zero attached hydrogens (tertiary/aromatic N) is 3. The Balaban J connectivity index is 1.65. The molecule has 27 heavy (non-hydrogen) atoms. The van der Waals surface area contributed by atoms with E-state index in [4.69, 9.17) is 9.47 Å². The summed E-state index contributed by atoms with van der Waals surface area (Å²) in [5.41, 5.74) is 0.657. The van der Waals surface area contributed by atoms with Crippen molar-refractivity contribution in [2.24, 2.45) is 7.05 Å². The first kappa shape index (κ1) is 18.9.